The van der Waals surface area contributed by atoms with E-state index in [-0.39, 0.29) is 17.6 Å². The molecule has 3 aromatic rings. The van der Waals surface area contributed by atoms with Gasteiger partial charge in [0, 0.05) is 17.2 Å². The van der Waals surface area contributed by atoms with E-state index < -0.39 is 0 Å². The Morgan fingerprint density at radius 2 is 1.87 bits per heavy atom. The normalized spacial score (nSPS) is 14.9. The fourth-order valence-corrected chi connectivity index (χ4v) is 3.49. The molecule has 2 aromatic carbocycles. The first-order chi connectivity index (χ1) is 14.6. The van der Waals surface area contributed by atoms with Crippen LogP contribution >= 0.6 is 0 Å². The van der Waals surface area contributed by atoms with E-state index in [9.17, 15) is 9.18 Å². The van der Waals surface area contributed by atoms with Crippen molar-refractivity contribution in [1.29, 1.82) is 5.26 Å². The van der Waals surface area contributed by atoms with Crippen molar-refractivity contribution in [2.45, 2.75) is 18.8 Å². The number of nitrogens with zero attached hydrogens (tertiary/aromatic N) is 4. The number of amides is 1. The third kappa shape index (κ3) is 4.70. The Hall–Kier alpha value is -3.57. The maximum absolute atomic E-state index is 13.1. The summed E-state index contributed by atoms with van der Waals surface area (Å²) in [4.78, 5) is 18.8. The fraction of sp³-hybridized carbons (Fsp3) is 0.273. The van der Waals surface area contributed by atoms with E-state index in [1.54, 1.807) is 36.4 Å². The van der Waals surface area contributed by atoms with Crippen molar-refractivity contribution in [3.05, 3.63) is 65.8 Å². The van der Waals surface area contributed by atoms with Crippen LogP contribution in [0.25, 0.3) is 11.4 Å². The highest BCUT2D eigenvalue weighted by Crippen LogP contribution is 2.28. The van der Waals surface area contributed by atoms with Crippen molar-refractivity contribution in [3.63, 3.8) is 0 Å². The van der Waals surface area contributed by atoms with Gasteiger partial charge >= 0.3 is 0 Å². The number of aromatic nitrogens is 2. The summed E-state index contributed by atoms with van der Waals surface area (Å²) in [6.45, 7) is 1.80. The molecule has 0 unspecified atom stereocenters. The average molecular weight is 405 g/mol. The summed E-state index contributed by atoms with van der Waals surface area (Å²) in [6, 6.07) is 14.8. The van der Waals surface area contributed by atoms with Gasteiger partial charge in [-0.3, -0.25) is 9.69 Å². The third-order valence-electron chi connectivity index (χ3n) is 5.15. The van der Waals surface area contributed by atoms with Gasteiger partial charge in [0.25, 0.3) is 0 Å². The van der Waals surface area contributed by atoms with Gasteiger partial charge in [-0.05, 0) is 74.5 Å². The Morgan fingerprint density at radius 1 is 1.17 bits per heavy atom. The number of rotatable bonds is 5. The number of likely N-dealkylation sites (tertiary alicyclic amines) is 1. The van der Waals surface area contributed by atoms with Gasteiger partial charge in [-0.15, -0.1) is 0 Å². The van der Waals surface area contributed by atoms with Crippen LogP contribution in [0.4, 0.5) is 10.1 Å². The van der Waals surface area contributed by atoms with Gasteiger partial charge in [-0.1, -0.05) is 5.16 Å². The predicted octanol–water partition coefficient (Wildman–Crippen LogP) is 3.57. The number of hydrogen-bond acceptors (Lipinski definition) is 6. The van der Waals surface area contributed by atoms with Crippen molar-refractivity contribution >= 4 is 11.6 Å². The summed E-state index contributed by atoms with van der Waals surface area (Å²) in [5.41, 5.74) is 1.94. The maximum atomic E-state index is 13.1. The van der Waals surface area contributed by atoms with Gasteiger partial charge in [-0.2, -0.15) is 10.2 Å². The number of piperidine rings is 1. The van der Waals surface area contributed by atoms with Gasteiger partial charge in [0.15, 0.2) is 0 Å². The number of nitrogens with one attached hydrogen (secondary N) is 1. The quantitative estimate of drug-likeness (QED) is 0.697. The number of hydrogen-bond donors (Lipinski definition) is 1. The Kier molecular flexibility index (Phi) is 5.82. The van der Waals surface area contributed by atoms with E-state index in [0.717, 1.165) is 25.9 Å². The molecule has 1 saturated heterocycles. The highest BCUT2D eigenvalue weighted by Gasteiger charge is 2.26. The summed E-state index contributed by atoms with van der Waals surface area (Å²) in [6.07, 6.45) is 1.63. The summed E-state index contributed by atoms with van der Waals surface area (Å²) < 4.78 is 18.5. The van der Waals surface area contributed by atoms with Crippen molar-refractivity contribution < 1.29 is 13.7 Å². The van der Waals surface area contributed by atoms with Crippen LogP contribution in [-0.2, 0) is 4.79 Å². The van der Waals surface area contributed by atoms with Crippen molar-refractivity contribution in [2.75, 3.05) is 25.0 Å². The first-order valence-electron chi connectivity index (χ1n) is 9.72. The molecule has 30 heavy (non-hydrogen) atoms. The van der Waals surface area contributed by atoms with Gasteiger partial charge in [-0.25, -0.2) is 4.39 Å². The maximum Gasteiger partial charge on any atom is 0.238 e. The second-order valence-corrected chi connectivity index (χ2v) is 7.25. The minimum atomic E-state index is -0.307. The molecule has 0 bridgehead atoms. The van der Waals surface area contributed by atoms with Crippen LogP contribution in [0.2, 0.25) is 0 Å². The number of carbonyl (C=O) groups is 1. The lowest BCUT2D eigenvalue weighted by atomic mass is 9.97. The van der Waals surface area contributed by atoms with Crippen molar-refractivity contribution in [3.8, 4) is 17.5 Å². The molecule has 2 heterocycles. The van der Waals surface area contributed by atoms with Crippen LogP contribution in [0.3, 0.4) is 0 Å². The monoisotopic (exact) mass is 405 g/mol. The van der Waals surface area contributed by atoms with Crippen LogP contribution in [0.5, 0.6) is 0 Å². The second kappa shape index (κ2) is 8.84. The highest BCUT2D eigenvalue weighted by atomic mass is 19.1. The summed E-state index contributed by atoms with van der Waals surface area (Å²) in [5, 5.41) is 15.7. The summed E-state index contributed by atoms with van der Waals surface area (Å²) in [5.74, 6) is 0.780. The molecule has 0 saturated carbocycles. The molecule has 1 aromatic heterocycles. The molecule has 8 heteroatoms. The lowest BCUT2D eigenvalue weighted by molar-refractivity contribution is -0.117. The van der Waals surface area contributed by atoms with Crippen molar-refractivity contribution in [1.82, 2.24) is 15.0 Å². The first-order valence-corrected chi connectivity index (χ1v) is 9.72. The summed E-state index contributed by atoms with van der Waals surface area (Å²) in [7, 11) is 0. The third-order valence-corrected chi connectivity index (χ3v) is 5.15. The van der Waals surface area contributed by atoms with Gasteiger partial charge in [0.05, 0.1) is 18.2 Å². The molecular formula is C22H20FN5O2. The molecule has 0 atom stereocenters. The standard InChI is InChI=1S/C22H20FN5O2/c23-18-5-3-16(4-6-18)21-26-22(30-27-21)17-9-11-28(12-10-17)14-20(29)25-19-7-1-15(13-24)2-8-19/h1-8,17H,9-12,14H2,(H,25,29). The second-order valence-electron chi connectivity index (χ2n) is 7.25. The molecule has 4 rings (SSSR count). The van der Waals surface area contributed by atoms with Crippen LogP contribution in [0.15, 0.2) is 53.1 Å². The Balaban J connectivity index is 1.28. The number of anilines is 1. The number of halogens is 1. The zero-order chi connectivity index (χ0) is 20.9. The molecule has 1 fully saturated rings. The smallest absolute Gasteiger partial charge is 0.238 e. The SMILES string of the molecule is N#Cc1ccc(NC(=O)CN2CCC(c3nc(-c4ccc(F)cc4)no3)CC2)cc1. The van der Waals surface area contributed by atoms with E-state index in [0.29, 0.717) is 35.1 Å². The molecule has 1 N–H and O–H groups in total. The lowest BCUT2D eigenvalue weighted by Gasteiger charge is -2.29. The van der Waals surface area contributed by atoms with E-state index in [1.165, 1.54) is 12.1 Å². The van der Waals surface area contributed by atoms with Crippen LogP contribution < -0.4 is 5.32 Å². The predicted molar refractivity (Wildman–Crippen MR) is 108 cm³/mol. The van der Waals surface area contributed by atoms with Gasteiger partial charge in [0.1, 0.15) is 5.82 Å². The zero-order valence-electron chi connectivity index (χ0n) is 16.2. The average Bonchev–Trinajstić information content (AvgIpc) is 3.25. The minimum absolute atomic E-state index is 0.0884. The van der Waals surface area contributed by atoms with E-state index in [4.69, 9.17) is 9.78 Å². The molecule has 7 nitrogen and oxygen atoms in total. The molecule has 1 amide bonds. The zero-order valence-corrected chi connectivity index (χ0v) is 16.2. The van der Waals surface area contributed by atoms with E-state index >= 15 is 0 Å². The van der Waals surface area contributed by atoms with Crippen LogP contribution in [0, 0.1) is 17.1 Å². The van der Waals surface area contributed by atoms with E-state index in [2.05, 4.69) is 26.4 Å². The molecule has 0 radical (unpaired) electrons. The fourth-order valence-electron chi connectivity index (χ4n) is 3.49. The molecule has 1 aliphatic heterocycles. The molecular weight excluding hydrogens is 385 g/mol. The topological polar surface area (TPSA) is 95.1 Å². The lowest BCUT2D eigenvalue weighted by Crippen LogP contribution is -2.38. The highest BCUT2D eigenvalue weighted by molar-refractivity contribution is 5.92. The minimum Gasteiger partial charge on any atom is -0.339 e. The first kappa shape index (κ1) is 19.7. The molecule has 0 spiro atoms. The van der Waals surface area contributed by atoms with Gasteiger partial charge in [0.2, 0.25) is 17.6 Å². The van der Waals surface area contributed by atoms with E-state index in [1.807, 2.05) is 0 Å². The van der Waals surface area contributed by atoms with Crippen molar-refractivity contribution in [2.24, 2.45) is 0 Å². The van der Waals surface area contributed by atoms with Crippen LogP contribution in [-0.4, -0.2) is 40.6 Å². The Labute approximate surface area is 173 Å². The van der Waals surface area contributed by atoms with Crippen LogP contribution in [0.1, 0.15) is 30.2 Å². The number of benzene rings is 2. The Morgan fingerprint density at radius 3 is 2.53 bits per heavy atom. The molecule has 152 valence electrons. The summed E-state index contributed by atoms with van der Waals surface area (Å²) >= 11 is 0. The largest absolute Gasteiger partial charge is 0.339 e. The Bertz CT molecular complexity index is 1050. The number of carbonyl (C=O) groups excluding carboxylic acids is 1. The molecule has 0 aliphatic carbocycles. The number of nitriles is 1. The molecule has 1 aliphatic rings. The van der Waals surface area contributed by atoms with Gasteiger partial charge < -0.3 is 9.84 Å².